The summed E-state index contributed by atoms with van der Waals surface area (Å²) in [5, 5.41) is 0.994. The first-order chi connectivity index (χ1) is 12.6. The summed E-state index contributed by atoms with van der Waals surface area (Å²) in [5.74, 6) is -0.474. The average Bonchev–Trinajstić information content (AvgIpc) is 2.68. The molecule has 0 aliphatic heterocycles. The number of benzene rings is 1. The third-order valence-electron chi connectivity index (χ3n) is 4.25. The lowest BCUT2D eigenvalue weighted by atomic mass is 9.98. The highest BCUT2D eigenvalue weighted by molar-refractivity contribution is 5.99. The molecule has 0 spiro atoms. The van der Waals surface area contributed by atoms with Gasteiger partial charge < -0.3 is 11.5 Å². The number of nitrogen functional groups attached to an aromatic ring is 1. The predicted molar refractivity (Wildman–Crippen MR) is 101 cm³/mol. The van der Waals surface area contributed by atoms with Gasteiger partial charge in [-0.25, -0.2) is 4.98 Å². The molecule has 3 heterocycles. The highest BCUT2D eigenvalue weighted by Gasteiger charge is 2.11. The second kappa shape index (κ2) is 6.25. The summed E-state index contributed by atoms with van der Waals surface area (Å²) in [5.41, 5.74) is 16.0. The van der Waals surface area contributed by atoms with E-state index in [1.807, 2.05) is 36.4 Å². The molecule has 0 saturated carbocycles. The molecule has 126 valence electrons. The molecule has 4 rings (SSSR count). The number of pyridine rings is 3. The number of carbonyl (C=O) groups is 1. The molecule has 0 fully saturated rings. The predicted octanol–water partition coefficient (Wildman–Crippen LogP) is 3.04. The Morgan fingerprint density at radius 1 is 0.846 bits per heavy atom. The van der Waals surface area contributed by atoms with E-state index in [4.69, 9.17) is 11.5 Å². The van der Waals surface area contributed by atoms with Gasteiger partial charge in [-0.05, 0) is 53.1 Å². The summed E-state index contributed by atoms with van der Waals surface area (Å²) in [6.45, 7) is 0. The van der Waals surface area contributed by atoms with E-state index in [9.17, 15) is 4.79 Å². The van der Waals surface area contributed by atoms with Crippen LogP contribution in [-0.2, 0) is 0 Å². The number of hydrogen-bond acceptors (Lipinski definition) is 5. The Balaban J connectivity index is 1.91. The van der Waals surface area contributed by atoms with E-state index in [-0.39, 0.29) is 11.4 Å². The number of hydrogen-bond donors (Lipinski definition) is 2. The number of rotatable bonds is 3. The number of fused-ring (bicyclic) bond motifs is 1. The maximum atomic E-state index is 11.5. The Morgan fingerprint density at radius 2 is 1.65 bits per heavy atom. The molecule has 0 atom stereocenters. The zero-order valence-corrected chi connectivity index (χ0v) is 13.8. The van der Waals surface area contributed by atoms with Crippen molar-refractivity contribution in [2.45, 2.75) is 0 Å². The Morgan fingerprint density at radius 3 is 2.42 bits per heavy atom. The fourth-order valence-corrected chi connectivity index (χ4v) is 2.94. The quantitative estimate of drug-likeness (QED) is 0.595. The Kier molecular flexibility index (Phi) is 3.78. The molecule has 0 unspecified atom stereocenters. The Bertz CT molecular complexity index is 1130. The Labute approximate surface area is 149 Å². The van der Waals surface area contributed by atoms with Crippen LogP contribution < -0.4 is 11.5 Å². The number of nitrogens with two attached hydrogens (primary N) is 2. The largest absolute Gasteiger partial charge is 0.383 e. The summed E-state index contributed by atoms with van der Waals surface area (Å²) >= 11 is 0. The lowest BCUT2D eigenvalue weighted by Crippen LogP contribution is -2.14. The molecule has 26 heavy (non-hydrogen) atoms. The van der Waals surface area contributed by atoms with Gasteiger partial charge in [-0.2, -0.15) is 0 Å². The van der Waals surface area contributed by atoms with Gasteiger partial charge in [0.05, 0.1) is 11.1 Å². The minimum absolute atomic E-state index is 0.126. The number of carbonyl (C=O) groups excluding carboxylic acids is 1. The van der Waals surface area contributed by atoms with Crippen LogP contribution in [0.3, 0.4) is 0 Å². The van der Waals surface area contributed by atoms with Crippen molar-refractivity contribution >= 4 is 22.6 Å². The first-order valence-corrected chi connectivity index (χ1v) is 7.98. The summed E-state index contributed by atoms with van der Waals surface area (Å²) in [4.78, 5) is 24.1. The van der Waals surface area contributed by atoms with Gasteiger partial charge in [0, 0.05) is 35.7 Å². The molecule has 6 nitrogen and oxygen atoms in total. The summed E-state index contributed by atoms with van der Waals surface area (Å²) in [6.07, 6.45) is 6.93. The minimum Gasteiger partial charge on any atom is -0.383 e. The zero-order valence-electron chi connectivity index (χ0n) is 13.8. The van der Waals surface area contributed by atoms with E-state index < -0.39 is 5.91 Å². The molecule has 1 amide bonds. The Hall–Kier alpha value is -3.80. The summed E-state index contributed by atoms with van der Waals surface area (Å²) in [6, 6.07) is 13.4. The van der Waals surface area contributed by atoms with Crippen molar-refractivity contribution in [3.8, 4) is 22.3 Å². The van der Waals surface area contributed by atoms with Crippen molar-refractivity contribution in [1.29, 1.82) is 0 Å². The van der Waals surface area contributed by atoms with Crippen LogP contribution in [0.25, 0.3) is 33.2 Å². The van der Waals surface area contributed by atoms with E-state index in [1.54, 1.807) is 30.9 Å². The molecule has 0 radical (unpaired) electrons. The summed E-state index contributed by atoms with van der Waals surface area (Å²) < 4.78 is 0. The second-order valence-electron chi connectivity index (χ2n) is 5.85. The van der Waals surface area contributed by atoms with Crippen LogP contribution in [0.2, 0.25) is 0 Å². The van der Waals surface area contributed by atoms with Gasteiger partial charge in [0.1, 0.15) is 5.82 Å². The van der Waals surface area contributed by atoms with E-state index in [2.05, 4.69) is 15.0 Å². The van der Waals surface area contributed by atoms with Crippen LogP contribution in [-0.4, -0.2) is 20.9 Å². The third kappa shape index (κ3) is 2.73. The highest BCUT2D eigenvalue weighted by atomic mass is 16.1. The fourth-order valence-electron chi connectivity index (χ4n) is 2.94. The fraction of sp³-hybridized carbons (Fsp3) is 0. The van der Waals surface area contributed by atoms with E-state index in [1.165, 1.54) is 0 Å². The van der Waals surface area contributed by atoms with Crippen molar-refractivity contribution in [1.82, 2.24) is 15.0 Å². The summed E-state index contributed by atoms with van der Waals surface area (Å²) in [7, 11) is 0. The van der Waals surface area contributed by atoms with Crippen LogP contribution in [0.4, 0.5) is 5.82 Å². The second-order valence-corrected chi connectivity index (χ2v) is 5.85. The van der Waals surface area contributed by atoms with Crippen LogP contribution in [0, 0.1) is 0 Å². The number of amides is 1. The van der Waals surface area contributed by atoms with Gasteiger partial charge in [-0.15, -0.1) is 0 Å². The van der Waals surface area contributed by atoms with Crippen molar-refractivity contribution in [3.63, 3.8) is 0 Å². The monoisotopic (exact) mass is 341 g/mol. The molecular weight excluding hydrogens is 326 g/mol. The lowest BCUT2D eigenvalue weighted by molar-refractivity contribution is 0.100. The number of primary amides is 1. The lowest BCUT2D eigenvalue weighted by Gasteiger charge is -2.10. The first-order valence-electron chi connectivity index (χ1n) is 7.98. The van der Waals surface area contributed by atoms with Crippen LogP contribution in [0.1, 0.15) is 10.4 Å². The molecule has 6 heteroatoms. The maximum Gasteiger partial charge on any atom is 0.252 e. The number of aromatic nitrogens is 3. The van der Waals surface area contributed by atoms with Gasteiger partial charge in [0.15, 0.2) is 0 Å². The molecule has 4 aromatic rings. The van der Waals surface area contributed by atoms with Crippen LogP contribution in [0.5, 0.6) is 0 Å². The van der Waals surface area contributed by atoms with E-state index >= 15 is 0 Å². The first kappa shape index (κ1) is 15.7. The maximum absolute atomic E-state index is 11.5. The SMILES string of the molecule is NC(=O)c1cc(-c2ccc3nccc(-c4ccncc4)c3c2)cnc1N. The minimum atomic E-state index is -0.600. The van der Waals surface area contributed by atoms with Crippen molar-refractivity contribution < 1.29 is 4.79 Å². The molecular formula is C20H15N5O. The third-order valence-corrected chi connectivity index (χ3v) is 4.25. The van der Waals surface area contributed by atoms with Crippen molar-refractivity contribution in [2.75, 3.05) is 5.73 Å². The van der Waals surface area contributed by atoms with Gasteiger partial charge in [-0.3, -0.25) is 14.8 Å². The zero-order chi connectivity index (χ0) is 18.1. The van der Waals surface area contributed by atoms with Crippen molar-refractivity contribution in [2.24, 2.45) is 5.73 Å². The van der Waals surface area contributed by atoms with Crippen LogP contribution >= 0.6 is 0 Å². The standard InChI is InChI=1S/C20H15N5O/c21-19-17(20(22)26)10-14(11-25-19)13-1-2-18-16(9-13)15(5-8-24-18)12-3-6-23-7-4-12/h1-11H,(H2,21,25)(H2,22,26). The smallest absolute Gasteiger partial charge is 0.252 e. The average molecular weight is 341 g/mol. The number of nitrogens with zero attached hydrogens (tertiary/aromatic N) is 3. The van der Waals surface area contributed by atoms with Gasteiger partial charge in [0.25, 0.3) is 5.91 Å². The molecule has 4 N–H and O–H groups in total. The van der Waals surface area contributed by atoms with Gasteiger partial charge in [0.2, 0.25) is 0 Å². The molecule has 1 aromatic carbocycles. The molecule has 0 bridgehead atoms. The highest BCUT2D eigenvalue weighted by Crippen LogP contribution is 2.31. The normalized spacial score (nSPS) is 10.8. The molecule has 0 aliphatic carbocycles. The van der Waals surface area contributed by atoms with Gasteiger partial charge >= 0.3 is 0 Å². The topological polar surface area (TPSA) is 108 Å². The molecule has 0 aliphatic rings. The van der Waals surface area contributed by atoms with Crippen molar-refractivity contribution in [3.05, 3.63) is 72.8 Å². The number of anilines is 1. The van der Waals surface area contributed by atoms with Gasteiger partial charge in [-0.1, -0.05) is 6.07 Å². The van der Waals surface area contributed by atoms with Crippen LogP contribution in [0.15, 0.2) is 67.3 Å². The molecule has 3 aromatic heterocycles. The van der Waals surface area contributed by atoms with E-state index in [0.717, 1.165) is 33.2 Å². The molecule has 0 saturated heterocycles. The van der Waals surface area contributed by atoms with E-state index in [0.29, 0.717) is 0 Å².